The number of nitrogens with one attached hydrogen (secondary N) is 2. The fourth-order valence-corrected chi connectivity index (χ4v) is 7.37. The number of furan rings is 1. The van der Waals surface area contributed by atoms with Gasteiger partial charge < -0.3 is 29.6 Å². The van der Waals surface area contributed by atoms with E-state index >= 15 is 0 Å². The average molecular weight is 739 g/mol. The number of aryl methyl sites for hydroxylation is 1. The van der Waals surface area contributed by atoms with Crippen LogP contribution in [0.25, 0.3) is 11.5 Å². The molecule has 0 radical (unpaired) electrons. The number of para-hydroxylation sites is 1. The minimum atomic E-state index is -0.743. The maximum atomic E-state index is 14.6. The van der Waals surface area contributed by atoms with Gasteiger partial charge in [0.2, 0.25) is 0 Å². The Morgan fingerprint density at radius 1 is 0.925 bits per heavy atom. The largest absolute Gasteiger partial charge is 0.449 e. The van der Waals surface area contributed by atoms with Crippen molar-refractivity contribution in [2.45, 2.75) is 26.2 Å². The SMILES string of the molecule is Cc1cnc(N2CC3(CCOCC3)C2)c(C(=O)Nc2ccc(C(=O)N3CCc4cc(C(=O)Nc5c(F)cccc5Cl)oc4-c4ncc(F)cc43)cc2)c1. The van der Waals surface area contributed by atoms with Gasteiger partial charge in [0, 0.05) is 67.3 Å². The molecule has 14 heteroatoms. The van der Waals surface area contributed by atoms with E-state index in [1.165, 1.54) is 29.2 Å². The molecule has 0 atom stereocenters. The Hall–Kier alpha value is -5.66. The van der Waals surface area contributed by atoms with E-state index in [4.69, 9.17) is 20.8 Å². The molecule has 5 aromatic rings. The Morgan fingerprint density at radius 2 is 1.70 bits per heavy atom. The highest BCUT2D eigenvalue weighted by Crippen LogP contribution is 2.43. The van der Waals surface area contributed by atoms with Gasteiger partial charge in [-0.25, -0.2) is 18.7 Å². The van der Waals surface area contributed by atoms with Crippen LogP contribution >= 0.6 is 11.6 Å². The zero-order valence-electron chi connectivity index (χ0n) is 28.5. The molecular weight excluding hydrogens is 706 g/mol. The summed E-state index contributed by atoms with van der Waals surface area (Å²) in [5, 5.41) is 5.39. The lowest BCUT2D eigenvalue weighted by molar-refractivity contribution is -0.000511. The predicted molar refractivity (Wildman–Crippen MR) is 195 cm³/mol. The molecule has 270 valence electrons. The van der Waals surface area contributed by atoms with Gasteiger partial charge in [0.25, 0.3) is 17.7 Å². The number of amides is 3. The highest BCUT2D eigenvalue weighted by Gasteiger charge is 2.45. The van der Waals surface area contributed by atoms with Gasteiger partial charge in [0.05, 0.1) is 28.2 Å². The summed E-state index contributed by atoms with van der Waals surface area (Å²) in [6, 6.07) is 15.0. The second-order valence-electron chi connectivity index (χ2n) is 13.6. The molecule has 0 saturated carbocycles. The summed E-state index contributed by atoms with van der Waals surface area (Å²) in [5.41, 5.74) is 2.97. The Balaban J connectivity index is 0.991. The first-order valence-corrected chi connectivity index (χ1v) is 17.5. The minimum Gasteiger partial charge on any atom is -0.449 e. The summed E-state index contributed by atoms with van der Waals surface area (Å²) in [4.78, 5) is 52.9. The fraction of sp³-hybridized carbons (Fsp3) is 0.256. The molecule has 1 spiro atoms. The van der Waals surface area contributed by atoms with Crippen LogP contribution in [0.3, 0.4) is 0 Å². The Kier molecular flexibility index (Phi) is 8.91. The average Bonchev–Trinajstić information content (AvgIpc) is 3.51. The molecule has 2 N–H and O–H groups in total. The van der Waals surface area contributed by atoms with E-state index in [9.17, 15) is 23.2 Å². The Labute approximate surface area is 307 Å². The molecule has 3 amide bonds. The van der Waals surface area contributed by atoms with E-state index in [1.54, 1.807) is 30.5 Å². The van der Waals surface area contributed by atoms with Gasteiger partial charge in [-0.15, -0.1) is 0 Å². The summed E-state index contributed by atoms with van der Waals surface area (Å²) < 4.78 is 40.4. The topological polar surface area (TPSA) is 130 Å². The summed E-state index contributed by atoms with van der Waals surface area (Å²) in [5.74, 6) is -2.19. The second-order valence-corrected chi connectivity index (χ2v) is 14.0. The van der Waals surface area contributed by atoms with Crippen LogP contribution in [-0.4, -0.2) is 60.5 Å². The van der Waals surface area contributed by atoms with Crippen LogP contribution in [0.15, 0.2) is 77.5 Å². The van der Waals surface area contributed by atoms with Crippen LogP contribution in [0.2, 0.25) is 5.02 Å². The quantitative estimate of drug-likeness (QED) is 0.186. The number of hydrogen-bond donors (Lipinski definition) is 2. The van der Waals surface area contributed by atoms with E-state index in [-0.39, 0.29) is 57.9 Å². The summed E-state index contributed by atoms with van der Waals surface area (Å²) in [7, 11) is 0. The molecule has 3 aliphatic rings. The third-order valence-electron chi connectivity index (χ3n) is 9.97. The number of nitrogens with zero attached hydrogens (tertiary/aromatic N) is 4. The maximum absolute atomic E-state index is 14.6. The first-order chi connectivity index (χ1) is 25.6. The lowest BCUT2D eigenvalue weighted by Gasteiger charge is -2.53. The van der Waals surface area contributed by atoms with Gasteiger partial charge in [0.15, 0.2) is 11.5 Å². The molecule has 8 rings (SSSR count). The van der Waals surface area contributed by atoms with Crippen LogP contribution in [-0.2, 0) is 11.2 Å². The summed E-state index contributed by atoms with van der Waals surface area (Å²) >= 11 is 6.07. The van der Waals surface area contributed by atoms with Gasteiger partial charge in [-0.1, -0.05) is 17.7 Å². The normalized spacial score (nSPS) is 15.9. The van der Waals surface area contributed by atoms with Crippen LogP contribution in [0, 0.1) is 24.0 Å². The van der Waals surface area contributed by atoms with Crippen molar-refractivity contribution in [2.75, 3.05) is 53.3 Å². The van der Waals surface area contributed by atoms with Gasteiger partial charge in [-0.3, -0.25) is 14.4 Å². The van der Waals surface area contributed by atoms with E-state index in [1.807, 2.05) is 13.0 Å². The number of pyridine rings is 2. The molecule has 2 saturated heterocycles. The highest BCUT2D eigenvalue weighted by atomic mass is 35.5. The zero-order chi connectivity index (χ0) is 36.9. The smallest absolute Gasteiger partial charge is 0.291 e. The van der Waals surface area contributed by atoms with Crippen LogP contribution in [0.4, 0.5) is 31.7 Å². The van der Waals surface area contributed by atoms with Crippen molar-refractivity contribution in [3.8, 4) is 11.5 Å². The van der Waals surface area contributed by atoms with E-state index in [2.05, 4.69) is 25.5 Å². The molecule has 3 aliphatic heterocycles. The molecule has 53 heavy (non-hydrogen) atoms. The molecule has 0 aliphatic carbocycles. The fourth-order valence-electron chi connectivity index (χ4n) is 7.16. The molecule has 2 fully saturated rings. The zero-order valence-corrected chi connectivity index (χ0v) is 29.3. The third kappa shape index (κ3) is 6.62. The van der Waals surface area contributed by atoms with Gasteiger partial charge in [0.1, 0.15) is 23.1 Å². The van der Waals surface area contributed by atoms with E-state index in [0.717, 1.165) is 57.0 Å². The number of aromatic nitrogens is 2. The highest BCUT2D eigenvalue weighted by molar-refractivity contribution is 6.34. The van der Waals surface area contributed by atoms with E-state index in [0.29, 0.717) is 28.2 Å². The van der Waals surface area contributed by atoms with Crippen molar-refractivity contribution in [1.82, 2.24) is 9.97 Å². The number of carbonyl (C=O) groups excluding carboxylic acids is 3. The molecular formula is C39H33ClF2N6O5. The van der Waals surface area contributed by atoms with Crippen molar-refractivity contribution in [3.63, 3.8) is 0 Å². The van der Waals surface area contributed by atoms with Gasteiger partial charge in [-0.05, 0) is 80.3 Å². The van der Waals surface area contributed by atoms with E-state index < -0.39 is 23.4 Å². The van der Waals surface area contributed by atoms with Crippen molar-refractivity contribution >= 4 is 52.2 Å². The molecule has 11 nitrogen and oxygen atoms in total. The molecule has 0 unspecified atom stereocenters. The first-order valence-electron chi connectivity index (χ1n) is 17.1. The summed E-state index contributed by atoms with van der Waals surface area (Å²) in [6.07, 6.45) is 4.98. The number of hydrogen-bond acceptors (Lipinski definition) is 8. The number of rotatable bonds is 6. The Bertz CT molecular complexity index is 2240. The second kappa shape index (κ2) is 13.7. The lowest BCUT2D eigenvalue weighted by atomic mass is 9.73. The maximum Gasteiger partial charge on any atom is 0.291 e. The monoisotopic (exact) mass is 738 g/mol. The number of carbonyl (C=O) groups is 3. The van der Waals surface area contributed by atoms with Crippen molar-refractivity contribution < 1.29 is 32.3 Å². The Morgan fingerprint density at radius 3 is 2.45 bits per heavy atom. The van der Waals surface area contributed by atoms with Crippen LogP contribution in [0.5, 0.6) is 0 Å². The summed E-state index contributed by atoms with van der Waals surface area (Å²) in [6.45, 7) is 5.15. The van der Waals surface area contributed by atoms with Crippen molar-refractivity contribution in [1.29, 1.82) is 0 Å². The van der Waals surface area contributed by atoms with Crippen LogP contribution < -0.4 is 20.4 Å². The molecule has 2 aromatic carbocycles. The third-order valence-corrected chi connectivity index (χ3v) is 10.3. The molecule has 0 bridgehead atoms. The number of ether oxygens (including phenoxy) is 1. The minimum absolute atomic E-state index is 0.0158. The molecule has 3 aromatic heterocycles. The number of anilines is 4. The number of halogens is 3. The van der Waals surface area contributed by atoms with Crippen molar-refractivity contribution in [3.05, 3.63) is 118 Å². The first kappa shape index (κ1) is 34.4. The van der Waals surface area contributed by atoms with Gasteiger partial charge in [-0.2, -0.15) is 0 Å². The van der Waals surface area contributed by atoms with Crippen LogP contribution in [0.1, 0.15) is 55.2 Å². The predicted octanol–water partition coefficient (Wildman–Crippen LogP) is 7.30. The standard InChI is InChI=1S/C39H33ClF2N6O5/c1-22-15-27(35(44-18-22)47-20-39(21-47)10-13-52-14-11-39)36(49)45-26-7-5-23(6-8-26)38(51)48-12-9-24-16-31(37(50)46-32-28(40)3-2-4-29(32)42)53-34(24)33-30(48)17-25(41)19-43-33/h2-8,15-19H,9-14,20-21H2,1H3,(H,45,49)(H,46,50). The lowest BCUT2D eigenvalue weighted by Crippen LogP contribution is -2.59. The van der Waals surface area contributed by atoms with Crippen molar-refractivity contribution in [2.24, 2.45) is 5.41 Å². The van der Waals surface area contributed by atoms with Gasteiger partial charge >= 0.3 is 0 Å². The molecule has 6 heterocycles. The number of benzene rings is 2. The number of fused-ring (bicyclic) bond motifs is 3.